The van der Waals surface area contributed by atoms with Gasteiger partial charge in [0.15, 0.2) is 12.3 Å². The van der Waals surface area contributed by atoms with E-state index in [1.165, 1.54) is 6.20 Å². The molecule has 1 N–H and O–H groups in total. The summed E-state index contributed by atoms with van der Waals surface area (Å²) in [6.45, 7) is 1.41. The average molecular weight is 363 g/mol. The van der Waals surface area contributed by atoms with Crippen LogP contribution in [0.3, 0.4) is 0 Å². The lowest BCUT2D eigenvalue weighted by molar-refractivity contribution is -0.119. The molecular weight excluding hydrogens is 346 g/mol. The van der Waals surface area contributed by atoms with Crippen LogP contribution in [0.15, 0.2) is 36.5 Å². The monoisotopic (exact) mass is 363 g/mol. The highest BCUT2D eigenvalue weighted by Crippen LogP contribution is 2.17. The second kappa shape index (κ2) is 7.66. The van der Waals surface area contributed by atoms with Crippen molar-refractivity contribution in [2.24, 2.45) is 7.05 Å². The number of nitrogens with one attached hydrogen (secondary N) is 1. The fraction of sp³-hybridized carbons (Fsp3) is 0.211. The van der Waals surface area contributed by atoms with Crippen LogP contribution in [0.1, 0.15) is 21.6 Å². The predicted molar refractivity (Wildman–Crippen MR) is 97.9 cm³/mol. The van der Waals surface area contributed by atoms with E-state index in [2.05, 4.69) is 21.5 Å². The summed E-state index contributed by atoms with van der Waals surface area (Å²) in [5, 5.41) is 16.3. The minimum Gasteiger partial charge on any atom is -0.452 e. The van der Waals surface area contributed by atoms with E-state index in [1.807, 2.05) is 6.92 Å². The quantitative estimate of drug-likeness (QED) is 0.696. The number of nitriles is 1. The first-order chi connectivity index (χ1) is 13.0. The zero-order valence-corrected chi connectivity index (χ0v) is 14.9. The number of rotatable bonds is 5. The molecule has 2 aromatic heterocycles. The van der Waals surface area contributed by atoms with Gasteiger partial charge in [0, 0.05) is 24.3 Å². The van der Waals surface area contributed by atoms with Crippen molar-refractivity contribution in [3.05, 3.63) is 53.3 Å². The van der Waals surface area contributed by atoms with Crippen LogP contribution in [0.25, 0.3) is 11.0 Å². The van der Waals surface area contributed by atoms with E-state index < -0.39 is 18.5 Å². The number of carbonyl (C=O) groups excluding carboxylic acids is 2. The Balaban J connectivity index is 1.59. The third kappa shape index (κ3) is 4.10. The van der Waals surface area contributed by atoms with Gasteiger partial charge in [-0.15, -0.1) is 0 Å². The number of nitrogens with zero attached hydrogens (tertiary/aromatic N) is 4. The van der Waals surface area contributed by atoms with E-state index in [-0.39, 0.29) is 5.56 Å². The smallest absolute Gasteiger partial charge is 0.340 e. The fourth-order valence-electron chi connectivity index (χ4n) is 2.63. The Kier molecular flexibility index (Phi) is 5.13. The molecule has 136 valence electrons. The lowest BCUT2D eigenvalue weighted by atomic mass is 10.1. The van der Waals surface area contributed by atoms with E-state index in [1.54, 1.807) is 42.1 Å². The first kappa shape index (κ1) is 18.1. The molecule has 2 heterocycles. The zero-order valence-electron chi connectivity index (χ0n) is 14.9. The van der Waals surface area contributed by atoms with E-state index in [0.29, 0.717) is 17.8 Å². The van der Waals surface area contributed by atoms with Gasteiger partial charge in [-0.3, -0.25) is 9.48 Å². The standard InChI is InChI=1S/C19H17N5O3/c1-12-16-9-14(10-21-18(16)24(2)23-12)19(26)27-11-17(25)22-15-5-3-13(4-6-15)7-8-20/h3-6,9-10H,7,11H2,1-2H3,(H,22,25). The second-order valence-corrected chi connectivity index (χ2v) is 5.96. The summed E-state index contributed by atoms with van der Waals surface area (Å²) in [6.07, 6.45) is 1.71. The van der Waals surface area contributed by atoms with Gasteiger partial charge in [-0.25, -0.2) is 9.78 Å². The number of benzene rings is 1. The van der Waals surface area contributed by atoms with Gasteiger partial charge in [-0.05, 0) is 30.7 Å². The van der Waals surface area contributed by atoms with Crippen molar-refractivity contribution in [3.63, 3.8) is 0 Å². The molecule has 1 aromatic carbocycles. The number of esters is 1. The van der Waals surface area contributed by atoms with E-state index in [0.717, 1.165) is 16.6 Å². The summed E-state index contributed by atoms with van der Waals surface area (Å²) in [6, 6.07) is 10.6. The molecule has 0 spiro atoms. The molecule has 0 unspecified atom stereocenters. The van der Waals surface area contributed by atoms with Gasteiger partial charge in [0.2, 0.25) is 0 Å². The maximum absolute atomic E-state index is 12.2. The maximum atomic E-state index is 12.2. The third-order valence-electron chi connectivity index (χ3n) is 3.95. The summed E-state index contributed by atoms with van der Waals surface area (Å²) >= 11 is 0. The summed E-state index contributed by atoms with van der Waals surface area (Å²) in [4.78, 5) is 28.4. The van der Waals surface area contributed by atoms with Gasteiger partial charge in [0.05, 0.1) is 23.7 Å². The molecule has 0 atom stereocenters. The number of hydrogen-bond donors (Lipinski definition) is 1. The molecule has 3 aromatic rings. The van der Waals surface area contributed by atoms with Crippen molar-refractivity contribution in [2.75, 3.05) is 11.9 Å². The maximum Gasteiger partial charge on any atom is 0.340 e. The number of fused-ring (bicyclic) bond motifs is 1. The average Bonchev–Trinajstić information content (AvgIpc) is 2.95. The molecule has 0 saturated carbocycles. The summed E-state index contributed by atoms with van der Waals surface area (Å²) in [5.74, 6) is -1.09. The van der Waals surface area contributed by atoms with Gasteiger partial charge in [0.25, 0.3) is 5.91 Å². The van der Waals surface area contributed by atoms with E-state index >= 15 is 0 Å². The highest BCUT2D eigenvalue weighted by Gasteiger charge is 2.14. The molecule has 0 aliphatic heterocycles. The number of aryl methyl sites for hydroxylation is 2. The molecule has 0 saturated heterocycles. The number of anilines is 1. The number of hydrogen-bond acceptors (Lipinski definition) is 6. The summed E-state index contributed by atoms with van der Waals surface area (Å²) < 4.78 is 6.69. The zero-order chi connectivity index (χ0) is 19.4. The molecule has 8 nitrogen and oxygen atoms in total. The molecule has 0 radical (unpaired) electrons. The predicted octanol–water partition coefficient (Wildman–Crippen LogP) is 2.14. The second-order valence-electron chi connectivity index (χ2n) is 5.96. The normalized spacial score (nSPS) is 10.4. The largest absolute Gasteiger partial charge is 0.452 e. The van der Waals surface area contributed by atoms with E-state index in [9.17, 15) is 9.59 Å². The first-order valence-corrected chi connectivity index (χ1v) is 8.20. The Hall–Kier alpha value is -3.73. The van der Waals surface area contributed by atoms with Crippen molar-refractivity contribution in [1.29, 1.82) is 5.26 Å². The van der Waals surface area contributed by atoms with Gasteiger partial charge in [-0.1, -0.05) is 12.1 Å². The van der Waals surface area contributed by atoms with Crippen molar-refractivity contribution in [3.8, 4) is 6.07 Å². The minimum absolute atomic E-state index is 0.257. The molecule has 0 aliphatic rings. The van der Waals surface area contributed by atoms with Gasteiger partial charge in [0.1, 0.15) is 0 Å². The highest BCUT2D eigenvalue weighted by atomic mass is 16.5. The highest BCUT2D eigenvalue weighted by molar-refractivity contribution is 5.97. The SMILES string of the molecule is Cc1nn(C)c2ncc(C(=O)OCC(=O)Nc3ccc(CC#N)cc3)cc12. The lowest BCUT2D eigenvalue weighted by Crippen LogP contribution is -2.21. The Morgan fingerprint density at radius 1 is 1.30 bits per heavy atom. The molecule has 3 rings (SSSR count). The molecule has 0 bridgehead atoms. The van der Waals surface area contributed by atoms with Crippen LogP contribution in [-0.2, 0) is 23.0 Å². The van der Waals surface area contributed by atoms with Crippen LogP contribution < -0.4 is 5.32 Å². The number of aromatic nitrogens is 3. The first-order valence-electron chi connectivity index (χ1n) is 8.20. The molecule has 1 amide bonds. The Morgan fingerprint density at radius 2 is 2.04 bits per heavy atom. The van der Waals surface area contributed by atoms with Gasteiger partial charge < -0.3 is 10.1 Å². The van der Waals surface area contributed by atoms with Crippen molar-refractivity contribution in [2.45, 2.75) is 13.3 Å². The molecular formula is C19H17N5O3. The molecule has 8 heteroatoms. The minimum atomic E-state index is -0.632. The topological polar surface area (TPSA) is 110 Å². The van der Waals surface area contributed by atoms with Crippen LogP contribution in [-0.4, -0.2) is 33.2 Å². The van der Waals surface area contributed by atoms with Crippen molar-refractivity contribution >= 4 is 28.6 Å². The molecule has 27 heavy (non-hydrogen) atoms. The summed E-state index contributed by atoms with van der Waals surface area (Å²) in [5.41, 5.74) is 3.10. The number of pyridine rings is 1. The van der Waals surface area contributed by atoms with Crippen LogP contribution in [0.4, 0.5) is 5.69 Å². The van der Waals surface area contributed by atoms with Crippen molar-refractivity contribution < 1.29 is 14.3 Å². The van der Waals surface area contributed by atoms with Crippen molar-refractivity contribution in [1.82, 2.24) is 14.8 Å². The van der Waals surface area contributed by atoms with Crippen LogP contribution in [0, 0.1) is 18.3 Å². The van der Waals surface area contributed by atoms with Gasteiger partial charge >= 0.3 is 5.97 Å². The van der Waals surface area contributed by atoms with Crippen LogP contribution in [0.5, 0.6) is 0 Å². The lowest BCUT2D eigenvalue weighted by Gasteiger charge is -2.07. The summed E-state index contributed by atoms with van der Waals surface area (Å²) in [7, 11) is 1.78. The Bertz CT molecular complexity index is 1050. The van der Waals surface area contributed by atoms with Gasteiger partial charge in [-0.2, -0.15) is 10.4 Å². The number of ether oxygens (including phenoxy) is 1. The Morgan fingerprint density at radius 3 is 2.74 bits per heavy atom. The van der Waals surface area contributed by atoms with E-state index in [4.69, 9.17) is 10.00 Å². The third-order valence-corrected chi connectivity index (χ3v) is 3.95. The van der Waals surface area contributed by atoms with Crippen LogP contribution in [0.2, 0.25) is 0 Å². The Labute approximate surface area is 155 Å². The molecule has 0 fully saturated rings. The number of carbonyl (C=O) groups is 2. The molecule has 0 aliphatic carbocycles. The fourth-order valence-corrected chi connectivity index (χ4v) is 2.63. The van der Waals surface area contributed by atoms with Crippen LogP contribution >= 0.6 is 0 Å². The number of amides is 1.